The second-order valence-electron chi connectivity index (χ2n) is 3.72. The summed E-state index contributed by atoms with van der Waals surface area (Å²) in [7, 11) is 1.40. The number of aryl methyl sites for hydroxylation is 1. The van der Waals surface area contributed by atoms with Crippen molar-refractivity contribution in [2.45, 2.75) is 13.0 Å². The molecule has 0 fully saturated rings. The number of hydrogen-bond donors (Lipinski definition) is 2. The van der Waals surface area contributed by atoms with Crippen molar-refractivity contribution in [3.8, 4) is 5.00 Å². The van der Waals surface area contributed by atoms with E-state index in [-0.39, 0.29) is 13.0 Å². The molecule has 2 heterocycles. The summed E-state index contributed by atoms with van der Waals surface area (Å²) in [5, 5.41) is 14.2. The van der Waals surface area contributed by atoms with Gasteiger partial charge in [0.15, 0.2) is 0 Å². The highest BCUT2D eigenvalue weighted by molar-refractivity contribution is 7.12. The molecule has 0 spiro atoms. The molecule has 2 aromatic heterocycles. The maximum atomic E-state index is 12.0. The van der Waals surface area contributed by atoms with Gasteiger partial charge in [-0.05, 0) is 27.9 Å². The minimum Gasteiger partial charge on any atom is -0.341 e. The van der Waals surface area contributed by atoms with Crippen molar-refractivity contribution in [2.75, 3.05) is 7.05 Å². The standard InChI is InChI=1S/C10H12N6O3S/c1-11-9(18)12-7(17)4-5-15-10(19)16(14-13-15)8-3-2-6-20-8/h2-3,6H,4-5H2,1H3,(H2,11,12,17,18). The maximum absolute atomic E-state index is 12.0. The first-order valence-electron chi connectivity index (χ1n) is 5.70. The Hall–Kier alpha value is -2.49. The molecule has 0 aliphatic carbocycles. The molecule has 0 saturated carbocycles. The highest BCUT2D eigenvalue weighted by Crippen LogP contribution is 2.10. The van der Waals surface area contributed by atoms with Gasteiger partial charge >= 0.3 is 11.7 Å². The fraction of sp³-hybridized carbons (Fsp3) is 0.300. The average molecular weight is 296 g/mol. The van der Waals surface area contributed by atoms with E-state index in [9.17, 15) is 14.4 Å². The number of tetrazole rings is 1. The van der Waals surface area contributed by atoms with Crippen LogP contribution in [0.4, 0.5) is 4.79 Å². The summed E-state index contributed by atoms with van der Waals surface area (Å²) in [4.78, 5) is 34.3. The molecule has 0 aliphatic heterocycles. The minimum atomic E-state index is -0.593. The van der Waals surface area contributed by atoms with E-state index < -0.39 is 17.6 Å². The van der Waals surface area contributed by atoms with Crippen LogP contribution in [-0.2, 0) is 11.3 Å². The first-order valence-corrected chi connectivity index (χ1v) is 6.58. The Morgan fingerprint density at radius 1 is 1.40 bits per heavy atom. The fourth-order valence-electron chi connectivity index (χ4n) is 1.40. The Morgan fingerprint density at radius 2 is 2.20 bits per heavy atom. The molecule has 106 valence electrons. The van der Waals surface area contributed by atoms with Gasteiger partial charge in [-0.2, -0.15) is 9.36 Å². The van der Waals surface area contributed by atoms with E-state index in [0.29, 0.717) is 5.00 Å². The predicted molar refractivity (Wildman–Crippen MR) is 70.7 cm³/mol. The van der Waals surface area contributed by atoms with Crippen molar-refractivity contribution >= 4 is 23.3 Å². The van der Waals surface area contributed by atoms with Gasteiger partial charge in [0, 0.05) is 13.5 Å². The lowest BCUT2D eigenvalue weighted by molar-refractivity contribution is -0.120. The first-order chi connectivity index (χ1) is 9.61. The third kappa shape index (κ3) is 3.09. The van der Waals surface area contributed by atoms with Crippen LogP contribution in [-0.4, -0.2) is 38.8 Å². The SMILES string of the molecule is CNC(=O)NC(=O)CCn1nnn(-c2cccs2)c1=O. The van der Waals surface area contributed by atoms with E-state index in [0.717, 1.165) is 9.36 Å². The number of carbonyl (C=O) groups excluding carboxylic acids is 2. The van der Waals surface area contributed by atoms with Crippen molar-refractivity contribution in [1.29, 1.82) is 0 Å². The number of hydrogen-bond acceptors (Lipinski definition) is 6. The van der Waals surface area contributed by atoms with E-state index in [4.69, 9.17) is 0 Å². The van der Waals surface area contributed by atoms with Gasteiger partial charge in [0.25, 0.3) is 0 Å². The molecule has 10 heteroatoms. The topological polar surface area (TPSA) is 111 Å². The zero-order valence-corrected chi connectivity index (χ0v) is 11.4. The largest absolute Gasteiger partial charge is 0.369 e. The quantitative estimate of drug-likeness (QED) is 0.778. The summed E-state index contributed by atoms with van der Waals surface area (Å²) in [5.41, 5.74) is -0.430. The number of nitrogens with zero attached hydrogens (tertiary/aromatic N) is 4. The Kier molecular flexibility index (Phi) is 4.25. The number of rotatable bonds is 4. The molecule has 2 aromatic rings. The molecule has 0 aliphatic rings. The van der Waals surface area contributed by atoms with E-state index in [1.54, 1.807) is 12.1 Å². The second kappa shape index (κ2) is 6.10. The van der Waals surface area contributed by atoms with E-state index in [2.05, 4.69) is 21.1 Å². The summed E-state index contributed by atoms with van der Waals surface area (Å²) in [6.07, 6.45) is -0.0452. The van der Waals surface area contributed by atoms with Crippen LogP contribution in [0.1, 0.15) is 6.42 Å². The summed E-state index contributed by atoms with van der Waals surface area (Å²) in [5.74, 6) is -0.498. The molecule has 0 aromatic carbocycles. The number of carbonyl (C=O) groups is 2. The van der Waals surface area contributed by atoms with Crippen molar-refractivity contribution in [2.24, 2.45) is 0 Å². The number of thiophene rings is 1. The molecule has 0 radical (unpaired) electrons. The van der Waals surface area contributed by atoms with Crippen molar-refractivity contribution < 1.29 is 9.59 Å². The predicted octanol–water partition coefficient (Wildman–Crippen LogP) is -0.664. The van der Waals surface area contributed by atoms with Gasteiger partial charge in [-0.15, -0.1) is 11.3 Å². The molecule has 3 amide bonds. The second-order valence-corrected chi connectivity index (χ2v) is 4.65. The molecule has 9 nitrogen and oxygen atoms in total. The lowest BCUT2D eigenvalue weighted by Crippen LogP contribution is -2.38. The normalized spacial score (nSPS) is 10.2. The molecule has 0 saturated heterocycles. The highest BCUT2D eigenvalue weighted by Gasteiger charge is 2.11. The van der Waals surface area contributed by atoms with E-state index >= 15 is 0 Å². The van der Waals surface area contributed by atoms with Gasteiger partial charge in [0.1, 0.15) is 5.00 Å². The van der Waals surface area contributed by atoms with Gasteiger partial charge in [-0.1, -0.05) is 0 Å². The van der Waals surface area contributed by atoms with Crippen LogP contribution in [0.5, 0.6) is 0 Å². The molecule has 0 bridgehead atoms. The Morgan fingerprint density at radius 3 is 2.85 bits per heavy atom. The van der Waals surface area contributed by atoms with Crippen LogP contribution < -0.4 is 16.3 Å². The van der Waals surface area contributed by atoms with Gasteiger partial charge < -0.3 is 5.32 Å². The van der Waals surface area contributed by atoms with Gasteiger partial charge in [0.2, 0.25) is 5.91 Å². The van der Waals surface area contributed by atoms with Crippen LogP contribution >= 0.6 is 11.3 Å². The molecule has 2 rings (SSSR count). The van der Waals surface area contributed by atoms with Crippen LogP contribution in [0.15, 0.2) is 22.3 Å². The Bertz CT molecular complexity index is 659. The number of imide groups is 1. The Balaban J connectivity index is 2.00. The molecular weight excluding hydrogens is 284 g/mol. The smallest absolute Gasteiger partial charge is 0.341 e. The fourth-order valence-corrected chi connectivity index (χ4v) is 2.07. The van der Waals surface area contributed by atoms with Crippen LogP contribution in [0.25, 0.3) is 5.00 Å². The average Bonchev–Trinajstić information content (AvgIpc) is 3.06. The van der Waals surface area contributed by atoms with Crippen LogP contribution in [0, 0.1) is 0 Å². The lowest BCUT2D eigenvalue weighted by Gasteiger charge is -2.01. The lowest BCUT2D eigenvalue weighted by atomic mass is 10.4. The number of nitrogens with one attached hydrogen (secondary N) is 2. The molecule has 0 atom stereocenters. The van der Waals surface area contributed by atoms with E-state index in [1.165, 1.54) is 18.4 Å². The van der Waals surface area contributed by atoms with Gasteiger partial charge in [-0.3, -0.25) is 10.1 Å². The number of aromatic nitrogens is 4. The van der Waals surface area contributed by atoms with Gasteiger partial charge in [0.05, 0.1) is 6.54 Å². The van der Waals surface area contributed by atoms with Crippen molar-refractivity contribution in [1.82, 2.24) is 30.4 Å². The summed E-state index contributed by atoms with van der Waals surface area (Å²) < 4.78 is 2.23. The van der Waals surface area contributed by atoms with Crippen LogP contribution in [0.2, 0.25) is 0 Å². The summed E-state index contributed by atoms with van der Waals surface area (Å²) in [6.45, 7) is 0.0486. The monoisotopic (exact) mass is 296 g/mol. The third-order valence-corrected chi connectivity index (χ3v) is 3.23. The van der Waals surface area contributed by atoms with Crippen LogP contribution in [0.3, 0.4) is 0 Å². The van der Waals surface area contributed by atoms with Crippen molar-refractivity contribution in [3.05, 3.63) is 28.0 Å². The maximum Gasteiger partial charge on any atom is 0.369 e. The van der Waals surface area contributed by atoms with Crippen molar-refractivity contribution in [3.63, 3.8) is 0 Å². The zero-order valence-electron chi connectivity index (χ0n) is 10.6. The Labute approximate surface area is 117 Å². The third-order valence-electron chi connectivity index (χ3n) is 2.38. The molecule has 2 N–H and O–H groups in total. The number of amides is 3. The first kappa shape index (κ1) is 13.9. The van der Waals surface area contributed by atoms with Gasteiger partial charge in [-0.25, -0.2) is 9.59 Å². The summed E-state index contributed by atoms with van der Waals surface area (Å²) in [6, 6.07) is 2.94. The molecular formula is C10H12N6O3S. The highest BCUT2D eigenvalue weighted by atomic mass is 32.1. The summed E-state index contributed by atoms with van der Waals surface area (Å²) >= 11 is 1.35. The minimum absolute atomic E-state index is 0.0452. The molecule has 20 heavy (non-hydrogen) atoms. The molecule has 0 unspecified atom stereocenters. The number of urea groups is 1. The van der Waals surface area contributed by atoms with E-state index in [1.807, 2.05) is 5.38 Å². The zero-order chi connectivity index (χ0) is 14.5.